The molecule has 1 amide bonds. The normalized spacial score (nSPS) is 18.2. The molecule has 4 nitrogen and oxygen atoms in total. The minimum Gasteiger partial charge on any atom is -0.334 e. The zero-order chi connectivity index (χ0) is 16.4. The van der Waals surface area contributed by atoms with Gasteiger partial charge in [0.1, 0.15) is 15.7 Å². The van der Waals surface area contributed by atoms with E-state index < -0.39 is 0 Å². The average molecular weight is 333 g/mol. The predicted octanol–water partition coefficient (Wildman–Crippen LogP) is 3.21. The van der Waals surface area contributed by atoms with E-state index in [0.717, 1.165) is 42.1 Å². The van der Waals surface area contributed by atoms with Crippen LogP contribution in [0.1, 0.15) is 34.6 Å². The number of likely N-dealkylation sites (tertiary alicyclic amines) is 1. The Labute approximate surface area is 139 Å². The molecule has 23 heavy (non-hydrogen) atoms. The van der Waals surface area contributed by atoms with E-state index in [2.05, 4.69) is 4.98 Å². The molecule has 1 aliphatic heterocycles. The molecular weight excluding hydrogens is 313 g/mol. The number of amides is 1. The van der Waals surface area contributed by atoms with Gasteiger partial charge in [-0.15, -0.1) is 11.3 Å². The molecule has 0 radical (unpaired) electrons. The average Bonchev–Trinajstić information content (AvgIpc) is 2.96. The zero-order valence-electron chi connectivity index (χ0n) is 13.1. The molecule has 0 spiro atoms. The molecule has 0 bridgehead atoms. The number of nitrogens with two attached hydrogens (primary N) is 1. The van der Waals surface area contributed by atoms with Crippen LogP contribution in [-0.4, -0.2) is 34.9 Å². The number of piperidine rings is 1. The standard InChI is InChI=1S/C17H20FN3OS/c1-11-15(17(22)21-9-3-2-4-14(21)10-19)23-16(20-11)12-5-7-13(18)8-6-12/h5-8,14H,2-4,9-10,19H2,1H3. The van der Waals surface area contributed by atoms with Crippen molar-refractivity contribution in [1.29, 1.82) is 0 Å². The van der Waals surface area contributed by atoms with E-state index in [1.807, 2.05) is 11.8 Å². The number of carbonyl (C=O) groups is 1. The molecule has 1 atom stereocenters. The summed E-state index contributed by atoms with van der Waals surface area (Å²) in [4.78, 5) is 19.9. The van der Waals surface area contributed by atoms with Crippen LogP contribution in [0.5, 0.6) is 0 Å². The van der Waals surface area contributed by atoms with Gasteiger partial charge in [0.25, 0.3) is 5.91 Å². The van der Waals surface area contributed by atoms with Crippen LogP contribution in [0.15, 0.2) is 24.3 Å². The Hall–Kier alpha value is -1.79. The van der Waals surface area contributed by atoms with Crippen LogP contribution >= 0.6 is 11.3 Å². The number of benzene rings is 1. The molecule has 1 aliphatic rings. The van der Waals surface area contributed by atoms with Crippen molar-refractivity contribution in [2.45, 2.75) is 32.2 Å². The third-order valence-corrected chi connectivity index (χ3v) is 5.44. The number of rotatable bonds is 3. The first kappa shape index (κ1) is 16.1. The molecule has 122 valence electrons. The van der Waals surface area contributed by atoms with Crippen molar-refractivity contribution in [3.63, 3.8) is 0 Å². The molecule has 1 aromatic carbocycles. The highest BCUT2D eigenvalue weighted by molar-refractivity contribution is 7.17. The smallest absolute Gasteiger partial charge is 0.266 e. The van der Waals surface area contributed by atoms with Gasteiger partial charge in [-0.3, -0.25) is 4.79 Å². The fourth-order valence-electron chi connectivity index (χ4n) is 2.95. The van der Waals surface area contributed by atoms with E-state index in [0.29, 0.717) is 11.4 Å². The monoisotopic (exact) mass is 333 g/mol. The quantitative estimate of drug-likeness (QED) is 0.938. The van der Waals surface area contributed by atoms with E-state index in [9.17, 15) is 9.18 Å². The van der Waals surface area contributed by atoms with Gasteiger partial charge in [-0.2, -0.15) is 0 Å². The Kier molecular flexibility index (Phi) is 4.73. The van der Waals surface area contributed by atoms with Crippen LogP contribution < -0.4 is 5.73 Å². The van der Waals surface area contributed by atoms with Gasteiger partial charge in [0.2, 0.25) is 0 Å². The Bertz CT molecular complexity index is 698. The Morgan fingerprint density at radius 3 is 2.83 bits per heavy atom. The summed E-state index contributed by atoms with van der Waals surface area (Å²) < 4.78 is 13.1. The molecule has 2 heterocycles. The van der Waals surface area contributed by atoms with E-state index in [1.54, 1.807) is 12.1 Å². The second kappa shape index (κ2) is 6.76. The molecule has 0 saturated carbocycles. The van der Waals surface area contributed by atoms with Gasteiger partial charge in [-0.25, -0.2) is 9.37 Å². The lowest BCUT2D eigenvalue weighted by Gasteiger charge is -2.34. The van der Waals surface area contributed by atoms with Crippen LogP contribution in [0.4, 0.5) is 4.39 Å². The third-order valence-electron chi connectivity index (χ3n) is 4.24. The fraction of sp³-hybridized carbons (Fsp3) is 0.412. The van der Waals surface area contributed by atoms with Gasteiger partial charge in [-0.05, 0) is 50.5 Å². The molecule has 1 aromatic heterocycles. The highest BCUT2D eigenvalue weighted by Crippen LogP contribution is 2.30. The second-order valence-corrected chi connectivity index (χ2v) is 6.82. The Balaban J connectivity index is 1.88. The second-order valence-electron chi connectivity index (χ2n) is 5.82. The van der Waals surface area contributed by atoms with Crippen molar-refractivity contribution >= 4 is 17.2 Å². The van der Waals surface area contributed by atoms with Gasteiger partial charge in [0.15, 0.2) is 0 Å². The van der Waals surface area contributed by atoms with Gasteiger partial charge in [0, 0.05) is 24.7 Å². The molecule has 0 aliphatic carbocycles. The summed E-state index contributed by atoms with van der Waals surface area (Å²) >= 11 is 1.37. The SMILES string of the molecule is Cc1nc(-c2ccc(F)cc2)sc1C(=O)N1CCCCC1CN. The summed E-state index contributed by atoms with van der Waals surface area (Å²) in [5.41, 5.74) is 7.37. The van der Waals surface area contributed by atoms with Crippen molar-refractivity contribution in [2.75, 3.05) is 13.1 Å². The Morgan fingerprint density at radius 2 is 2.13 bits per heavy atom. The molecular formula is C17H20FN3OS. The van der Waals surface area contributed by atoms with Crippen LogP contribution in [-0.2, 0) is 0 Å². The number of thiazole rings is 1. The molecule has 1 fully saturated rings. The highest BCUT2D eigenvalue weighted by atomic mass is 32.1. The van der Waals surface area contributed by atoms with E-state index in [1.165, 1.54) is 23.5 Å². The van der Waals surface area contributed by atoms with Crippen molar-refractivity contribution in [1.82, 2.24) is 9.88 Å². The van der Waals surface area contributed by atoms with Crippen LogP contribution in [0.25, 0.3) is 10.6 Å². The maximum absolute atomic E-state index is 13.1. The number of aromatic nitrogens is 1. The van der Waals surface area contributed by atoms with Gasteiger partial charge >= 0.3 is 0 Å². The van der Waals surface area contributed by atoms with Gasteiger partial charge < -0.3 is 10.6 Å². The minimum absolute atomic E-state index is 0.0171. The summed E-state index contributed by atoms with van der Waals surface area (Å²) in [7, 11) is 0. The molecule has 3 rings (SSSR count). The summed E-state index contributed by atoms with van der Waals surface area (Å²) in [6.07, 6.45) is 3.10. The van der Waals surface area contributed by atoms with Crippen LogP contribution in [0, 0.1) is 12.7 Å². The number of nitrogens with zero attached hydrogens (tertiary/aromatic N) is 2. The summed E-state index contributed by atoms with van der Waals surface area (Å²) in [6, 6.07) is 6.30. The topological polar surface area (TPSA) is 59.2 Å². The maximum Gasteiger partial charge on any atom is 0.266 e. The van der Waals surface area contributed by atoms with Crippen molar-refractivity contribution in [3.05, 3.63) is 40.7 Å². The van der Waals surface area contributed by atoms with E-state index >= 15 is 0 Å². The molecule has 2 aromatic rings. The summed E-state index contributed by atoms with van der Waals surface area (Å²) in [5, 5.41) is 0.743. The largest absolute Gasteiger partial charge is 0.334 e. The zero-order valence-corrected chi connectivity index (χ0v) is 13.9. The maximum atomic E-state index is 13.1. The first-order valence-electron chi connectivity index (χ1n) is 7.84. The van der Waals surface area contributed by atoms with Gasteiger partial charge in [0.05, 0.1) is 5.69 Å². The third kappa shape index (κ3) is 3.28. The van der Waals surface area contributed by atoms with Crippen molar-refractivity contribution in [2.24, 2.45) is 5.73 Å². The number of carbonyl (C=O) groups excluding carboxylic acids is 1. The minimum atomic E-state index is -0.280. The first-order chi connectivity index (χ1) is 11.1. The Morgan fingerprint density at radius 1 is 1.39 bits per heavy atom. The van der Waals surface area contributed by atoms with E-state index in [-0.39, 0.29) is 17.8 Å². The summed E-state index contributed by atoms with van der Waals surface area (Å²) in [5.74, 6) is -0.263. The summed E-state index contributed by atoms with van der Waals surface area (Å²) in [6.45, 7) is 3.09. The number of hydrogen-bond donors (Lipinski definition) is 1. The lowest BCUT2D eigenvalue weighted by Crippen LogP contribution is -2.47. The molecule has 1 saturated heterocycles. The van der Waals surface area contributed by atoms with E-state index in [4.69, 9.17) is 5.73 Å². The number of halogens is 1. The van der Waals surface area contributed by atoms with Crippen LogP contribution in [0.2, 0.25) is 0 Å². The molecule has 2 N–H and O–H groups in total. The molecule has 6 heteroatoms. The van der Waals surface area contributed by atoms with Crippen molar-refractivity contribution < 1.29 is 9.18 Å². The lowest BCUT2D eigenvalue weighted by atomic mass is 10.0. The molecule has 1 unspecified atom stereocenters. The van der Waals surface area contributed by atoms with Gasteiger partial charge in [-0.1, -0.05) is 0 Å². The number of hydrogen-bond acceptors (Lipinski definition) is 4. The number of aryl methyl sites for hydroxylation is 1. The highest BCUT2D eigenvalue weighted by Gasteiger charge is 2.29. The fourth-order valence-corrected chi connectivity index (χ4v) is 3.98. The lowest BCUT2D eigenvalue weighted by molar-refractivity contribution is 0.0627. The predicted molar refractivity (Wildman–Crippen MR) is 90.0 cm³/mol. The van der Waals surface area contributed by atoms with Crippen molar-refractivity contribution in [3.8, 4) is 10.6 Å². The van der Waals surface area contributed by atoms with Crippen LogP contribution in [0.3, 0.4) is 0 Å². The first-order valence-corrected chi connectivity index (χ1v) is 8.66.